The normalized spacial score (nSPS) is 11.4. The highest BCUT2D eigenvalue weighted by Crippen LogP contribution is 2.14. The Bertz CT molecular complexity index is 2650. The van der Waals surface area contributed by atoms with Crippen LogP contribution >= 0.6 is 0 Å². The minimum atomic E-state index is -0.231. The van der Waals surface area contributed by atoms with Crippen LogP contribution in [0.1, 0.15) is 210 Å². The molecule has 7 aromatic heterocycles. The van der Waals surface area contributed by atoms with Gasteiger partial charge in [-0.25, -0.2) is 9.67 Å². The molecule has 0 spiro atoms. The van der Waals surface area contributed by atoms with Crippen LogP contribution in [0.5, 0.6) is 0 Å². The molecule has 7 aromatic rings. The van der Waals surface area contributed by atoms with Crippen LogP contribution in [-0.2, 0) is 7.05 Å². The lowest BCUT2D eigenvalue weighted by Gasteiger charge is -1.98. The molecule has 71 heavy (non-hydrogen) atoms. The quantitative estimate of drug-likeness (QED) is 0.112. The fourth-order valence-corrected chi connectivity index (χ4v) is 4.99. The second kappa shape index (κ2) is 31.7. The number of rotatable bonds is 8. The van der Waals surface area contributed by atoms with Gasteiger partial charge < -0.3 is 18.0 Å². The first-order valence-corrected chi connectivity index (χ1v) is 23.1. The monoisotopic (exact) mass is 998 g/mol. The van der Waals surface area contributed by atoms with Crippen molar-refractivity contribution in [2.45, 2.75) is 173 Å². The number of aryl methyl sites for hydroxylation is 4. The summed E-state index contributed by atoms with van der Waals surface area (Å²) in [5.74, 6) is 9.29. The molecule has 4 N–H and O–H groups in total. The summed E-state index contributed by atoms with van der Waals surface area (Å²) in [6, 6.07) is 1.46. The van der Waals surface area contributed by atoms with Crippen LogP contribution < -0.4 is 16.7 Å². The molecule has 0 aliphatic carbocycles. The Balaban J connectivity index is 0.000000406. The molecule has 1 aliphatic heterocycles. The van der Waals surface area contributed by atoms with Crippen molar-refractivity contribution < 1.29 is 22.6 Å². The van der Waals surface area contributed by atoms with Crippen LogP contribution in [0.4, 0.5) is 0 Å². The number of aliphatic imine (C=N–C) groups is 1. The minimum Gasteiger partial charge on any atom is -0.425 e. The third kappa shape index (κ3) is 23.7. The number of hydrogen-bond acceptors (Lipinski definition) is 22. The van der Waals surface area contributed by atoms with E-state index in [1.54, 1.807) is 18.5 Å². The number of aromatic nitrogens is 16. The smallest absolute Gasteiger partial charge is 0.304 e. The molecule has 27 heteroatoms. The van der Waals surface area contributed by atoms with Crippen molar-refractivity contribution in [2.75, 3.05) is 6.67 Å². The van der Waals surface area contributed by atoms with E-state index < -0.39 is 0 Å². The standard InChI is InChI=1S/C7H11NO2.2C6H10N2O.C6H9NO2.C5H10N4.C5H9N3.C5H8N2O2.C4H8N4/c1-4(2)6-5(3)10-8-7(6)9;1-4(2)6-8-7-5(3)9-6;1-4(2)6-7-5(3)8-9-6;1-4(2)5-3-6(8)7-9-5;1-4(2)5-6-7-8-9(5)3;1-4(2)5-6-3-7-8-5;1-3(2)4-5(8)7-9-6-4;1-3(2)4-5-7-8-6-4/h4H,1-3H3,(H,8,9);2*4H,1-3H3;3-4H,1-2H3,(H,7,8);4H,1-3H3;4H,3H2,1-2H3;3H,1-2H3,(H,7,8);3H,1-2H3,(H,5,6,7,8). The van der Waals surface area contributed by atoms with Gasteiger partial charge in [-0.15, -0.1) is 30.6 Å². The summed E-state index contributed by atoms with van der Waals surface area (Å²) < 4.78 is 25.6. The van der Waals surface area contributed by atoms with Crippen LogP contribution in [0.3, 0.4) is 0 Å². The molecule has 0 saturated heterocycles. The lowest BCUT2D eigenvalue weighted by atomic mass is 10.1. The number of tetrazole rings is 2. The van der Waals surface area contributed by atoms with Gasteiger partial charge in [-0.3, -0.25) is 19.0 Å². The maximum atomic E-state index is 10.9. The molecule has 0 amide bonds. The summed E-state index contributed by atoms with van der Waals surface area (Å²) in [6.07, 6.45) is 0. The van der Waals surface area contributed by atoms with Crippen molar-refractivity contribution in [3.8, 4) is 0 Å². The molecule has 1 aliphatic rings. The van der Waals surface area contributed by atoms with E-state index in [9.17, 15) is 14.4 Å². The maximum absolute atomic E-state index is 10.9. The third-order valence-corrected chi connectivity index (χ3v) is 8.78. The summed E-state index contributed by atoms with van der Waals surface area (Å²) in [4.78, 5) is 40.1. The molecule has 0 atom stereocenters. The molecule has 8 heterocycles. The molecule has 394 valence electrons. The fraction of sp³-hybridized carbons (Fsp3) is 0.659. The van der Waals surface area contributed by atoms with Crippen molar-refractivity contribution in [1.29, 1.82) is 0 Å². The van der Waals surface area contributed by atoms with Crippen LogP contribution in [-0.4, -0.2) is 94.3 Å². The van der Waals surface area contributed by atoms with E-state index in [4.69, 9.17) is 18.0 Å². The Morgan fingerprint density at radius 2 is 1.31 bits per heavy atom. The van der Waals surface area contributed by atoms with Crippen molar-refractivity contribution in [1.82, 2.24) is 81.8 Å². The number of amidine groups is 1. The average Bonchev–Trinajstić information content (AvgIpc) is 4.14. The summed E-state index contributed by atoms with van der Waals surface area (Å²) in [5.41, 5.74) is 0.700. The summed E-state index contributed by atoms with van der Waals surface area (Å²) in [5, 5.41) is 53.1. The highest BCUT2D eigenvalue weighted by atomic mass is 16.6. The van der Waals surface area contributed by atoms with E-state index in [1.165, 1.54) is 6.07 Å². The van der Waals surface area contributed by atoms with Gasteiger partial charge in [0, 0.05) is 61.5 Å². The van der Waals surface area contributed by atoms with Gasteiger partial charge in [-0.1, -0.05) is 126 Å². The Hall–Kier alpha value is -7.35. The first-order chi connectivity index (χ1) is 33.3. The number of aromatic amines is 4. The van der Waals surface area contributed by atoms with E-state index in [0.717, 1.165) is 23.0 Å². The number of hydrogen-bond donors (Lipinski definition) is 4. The highest BCUT2D eigenvalue weighted by molar-refractivity contribution is 5.85. The predicted octanol–water partition coefficient (Wildman–Crippen LogP) is 8.10. The van der Waals surface area contributed by atoms with Gasteiger partial charge >= 0.3 is 5.56 Å². The Morgan fingerprint density at radius 3 is 1.54 bits per heavy atom. The third-order valence-electron chi connectivity index (χ3n) is 8.78. The van der Waals surface area contributed by atoms with Gasteiger partial charge in [0.15, 0.2) is 29.8 Å². The summed E-state index contributed by atoms with van der Waals surface area (Å²) in [7, 11) is 1.84. The van der Waals surface area contributed by atoms with Crippen LogP contribution in [0.15, 0.2) is 58.3 Å². The molecular formula is C44H75N19O8. The fourth-order valence-electron chi connectivity index (χ4n) is 4.99. The number of H-pyrrole nitrogens is 4. The molecular weight excluding hydrogens is 923 g/mol. The molecule has 27 nitrogen and oxygen atoms in total. The van der Waals surface area contributed by atoms with Gasteiger partial charge in [0.25, 0.3) is 11.1 Å². The van der Waals surface area contributed by atoms with Crippen LogP contribution in [0, 0.1) is 26.7 Å². The molecule has 0 fully saturated rings. The van der Waals surface area contributed by atoms with Crippen molar-refractivity contribution in [3.05, 3.63) is 95.1 Å². The zero-order valence-corrected chi connectivity index (χ0v) is 44.9. The second-order valence-electron chi connectivity index (χ2n) is 18.0. The first kappa shape index (κ1) is 61.7. The lowest BCUT2D eigenvalue weighted by molar-refractivity contribution is 0.299. The SMILES string of the molecule is CC(C)C1=NCN=N1.CC(C)c1cc(=O)[nH]o1.CC(C)c1nn[nH]n1.CC(C)c1nnnn1C.CC(C)c1no[nH]c1=O.Cc1nnc(C(C)C)o1.Cc1noc(C(C)C)n1.Cc1o[nH]c(=O)c1C(C)C. The van der Waals surface area contributed by atoms with Gasteiger partial charge in [-0.05, 0) is 30.2 Å². The Morgan fingerprint density at radius 1 is 0.648 bits per heavy atom. The van der Waals surface area contributed by atoms with E-state index in [-0.39, 0.29) is 34.4 Å². The molecule has 0 saturated carbocycles. The largest absolute Gasteiger partial charge is 0.425 e. The van der Waals surface area contributed by atoms with E-state index >= 15 is 0 Å². The van der Waals surface area contributed by atoms with Gasteiger partial charge in [0.1, 0.15) is 17.4 Å². The number of azo groups is 1. The van der Waals surface area contributed by atoms with Gasteiger partial charge in [0.05, 0.1) is 5.56 Å². The maximum Gasteiger partial charge on any atom is 0.304 e. The van der Waals surface area contributed by atoms with E-state index in [0.29, 0.717) is 77.0 Å². The van der Waals surface area contributed by atoms with Crippen molar-refractivity contribution in [2.24, 2.45) is 28.2 Å². The molecule has 8 rings (SSSR count). The van der Waals surface area contributed by atoms with Gasteiger partial charge in [-0.2, -0.15) is 30.8 Å². The van der Waals surface area contributed by atoms with Crippen molar-refractivity contribution >= 4 is 5.84 Å². The number of nitrogens with zero attached hydrogens (tertiary/aromatic N) is 15. The van der Waals surface area contributed by atoms with E-state index in [1.807, 2.05) is 97.1 Å². The summed E-state index contributed by atoms with van der Waals surface area (Å²) in [6.45, 7) is 37.9. The van der Waals surface area contributed by atoms with Gasteiger partial charge in [0.2, 0.25) is 17.7 Å². The van der Waals surface area contributed by atoms with E-state index in [2.05, 4.69) is 125 Å². The first-order valence-electron chi connectivity index (χ1n) is 23.1. The number of nitrogens with one attached hydrogen (secondary N) is 4. The Labute approximate surface area is 412 Å². The minimum absolute atomic E-state index is 0.104. The highest BCUT2D eigenvalue weighted by Gasteiger charge is 2.12. The topological polar surface area (TPSA) is 364 Å². The predicted molar refractivity (Wildman–Crippen MR) is 262 cm³/mol. The molecule has 0 aromatic carbocycles. The average molecular weight is 998 g/mol. The zero-order valence-electron chi connectivity index (χ0n) is 44.9. The molecule has 0 radical (unpaired) electrons. The van der Waals surface area contributed by atoms with Crippen LogP contribution in [0.2, 0.25) is 0 Å². The summed E-state index contributed by atoms with van der Waals surface area (Å²) >= 11 is 0. The molecule has 0 unspecified atom stereocenters. The zero-order chi connectivity index (χ0) is 54.0. The Kier molecular flexibility index (Phi) is 27.5. The van der Waals surface area contributed by atoms with Crippen molar-refractivity contribution in [3.63, 3.8) is 0 Å². The molecule has 0 bridgehead atoms. The van der Waals surface area contributed by atoms with Crippen LogP contribution in [0.25, 0.3) is 0 Å². The second-order valence-corrected chi connectivity index (χ2v) is 18.0. The lowest BCUT2D eigenvalue weighted by Crippen LogP contribution is -2.07.